The van der Waals surface area contributed by atoms with E-state index in [-0.39, 0.29) is 18.1 Å². The molecule has 21 heavy (non-hydrogen) atoms. The number of hydrogen-bond donors (Lipinski definition) is 0. The minimum atomic E-state index is 0.00271. The minimum absolute atomic E-state index is 0.00271. The van der Waals surface area contributed by atoms with E-state index in [2.05, 4.69) is 10.2 Å². The van der Waals surface area contributed by atoms with Crippen LogP contribution in [0.15, 0.2) is 18.5 Å². The topological polar surface area (TPSA) is 64.6 Å². The van der Waals surface area contributed by atoms with Crippen molar-refractivity contribution in [2.75, 3.05) is 26.4 Å². The van der Waals surface area contributed by atoms with Gasteiger partial charge in [0.25, 0.3) is 5.91 Å². The Hall–Kier alpha value is -1.53. The number of amides is 1. The zero-order valence-corrected chi connectivity index (χ0v) is 11.9. The Bertz CT molecular complexity index is 520. The number of hydrogen-bond acceptors (Lipinski definition) is 5. The molecule has 3 aliphatic rings. The summed E-state index contributed by atoms with van der Waals surface area (Å²) in [7, 11) is 0. The van der Waals surface area contributed by atoms with E-state index in [1.165, 1.54) is 19.0 Å². The Labute approximate surface area is 123 Å². The number of nitrogens with zero attached hydrogens (tertiary/aromatic N) is 3. The van der Waals surface area contributed by atoms with E-state index in [9.17, 15) is 4.79 Å². The van der Waals surface area contributed by atoms with E-state index < -0.39 is 0 Å². The molecule has 0 N–H and O–H groups in total. The van der Waals surface area contributed by atoms with Crippen molar-refractivity contribution in [3.05, 3.63) is 24.0 Å². The summed E-state index contributed by atoms with van der Waals surface area (Å²) in [6.07, 6.45) is 5.74. The van der Waals surface area contributed by atoms with Crippen LogP contribution in [0.5, 0.6) is 0 Å². The van der Waals surface area contributed by atoms with E-state index in [4.69, 9.17) is 9.47 Å². The van der Waals surface area contributed by atoms with E-state index in [1.54, 1.807) is 12.3 Å². The Morgan fingerprint density at radius 2 is 2.29 bits per heavy atom. The standard InChI is InChI=1S/C15H19N3O3/c19-15(11-3-4-16-17-5-11)18-6-14(21-7-10-1-2-10)12-8-20-9-13(12)18/h3-5,10,12-14H,1-2,6-9H2/t12-,13+,14-/m0/s1. The first kappa shape index (κ1) is 13.2. The summed E-state index contributed by atoms with van der Waals surface area (Å²) in [5.41, 5.74) is 0.582. The molecule has 2 aliphatic heterocycles. The molecule has 0 aromatic carbocycles. The second-order valence-electron chi connectivity index (χ2n) is 6.17. The van der Waals surface area contributed by atoms with Crippen LogP contribution in [0.2, 0.25) is 0 Å². The highest BCUT2D eigenvalue weighted by molar-refractivity contribution is 5.94. The van der Waals surface area contributed by atoms with Crippen molar-refractivity contribution in [1.29, 1.82) is 0 Å². The molecule has 0 bridgehead atoms. The maximum atomic E-state index is 12.6. The molecule has 1 aromatic heterocycles. The van der Waals surface area contributed by atoms with Gasteiger partial charge in [-0.15, -0.1) is 0 Å². The first-order valence-corrected chi connectivity index (χ1v) is 7.60. The third kappa shape index (κ3) is 2.53. The molecular weight excluding hydrogens is 270 g/mol. The molecule has 1 aliphatic carbocycles. The lowest BCUT2D eigenvalue weighted by atomic mass is 10.0. The van der Waals surface area contributed by atoms with Gasteiger partial charge >= 0.3 is 0 Å². The molecular formula is C15H19N3O3. The fraction of sp³-hybridized carbons (Fsp3) is 0.667. The van der Waals surface area contributed by atoms with E-state index in [0.717, 1.165) is 12.5 Å². The number of aromatic nitrogens is 2. The fourth-order valence-electron chi connectivity index (χ4n) is 3.24. The SMILES string of the molecule is O=C(c1ccnnc1)N1C[C@H](OCC2CC2)[C@H]2COC[C@H]21. The highest BCUT2D eigenvalue weighted by Gasteiger charge is 2.48. The predicted octanol–water partition coefficient (Wildman–Crippen LogP) is 0.743. The van der Waals surface area contributed by atoms with Gasteiger partial charge in [-0.1, -0.05) is 0 Å². The molecule has 0 radical (unpaired) electrons. The third-order valence-electron chi connectivity index (χ3n) is 4.68. The monoisotopic (exact) mass is 289 g/mol. The molecule has 0 unspecified atom stereocenters. The molecule has 0 spiro atoms. The zero-order chi connectivity index (χ0) is 14.2. The zero-order valence-electron chi connectivity index (χ0n) is 11.9. The van der Waals surface area contributed by atoms with Crippen molar-refractivity contribution in [2.45, 2.75) is 25.0 Å². The second-order valence-corrected chi connectivity index (χ2v) is 6.17. The molecule has 3 atom stereocenters. The summed E-state index contributed by atoms with van der Waals surface area (Å²) in [4.78, 5) is 14.5. The number of likely N-dealkylation sites (tertiary alicyclic amines) is 1. The summed E-state index contributed by atoms with van der Waals surface area (Å²) < 4.78 is 11.6. The van der Waals surface area contributed by atoms with Crippen molar-refractivity contribution < 1.29 is 14.3 Å². The molecule has 3 heterocycles. The molecule has 1 amide bonds. The van der Waals surface area contributed by atoms with E-state index in [0.29, 0.717) is 31.2 Å². The van der Waals surface area contributed by atoms with Gasteiger partial charge in [0.15, 0.2) is 0 Å². The van der Waals surface area contributed by atoms with Gasteiger partial charge in [0.2, 0.25) is 0 Å². The molecule has 6 heteroatoms. The normalized spacial score (nSPS) is 31.4. The van der Waals surface area contributed by atoms with Crippen molar-refractivity contribution in [3.63, 3.8) is 0 Å². The van der Waals surface area contributed by atoms with Gasteiger partial charge in [0, 0.05) is 19.1 Å². The maximum absolute atomic E-state index is 12.6. The Morgan fingerprint density at radius 1 is 1.38 bits per heavy atom. The van der Waals surface area contributed by atoms with Crippen molar-refractivity contribution in [1.82, 2.24) is 15.1 Å². The first-order valence-electron chi connectivity index (χ1n) is 7.60. The minimum Gasteiger partial charge on any atom is -0.379 e. The number of ether oxygens (including phenoxy) is 2. The van der Waals surface area contributed by atoms with E-state index in [1.807, 2.05) is 4.90 Å². The lowest BCUT2D eigenvalue weighted by Gasteiger charge is -2.22. The van der Waals surface area contributed by atoms with Crippen LogP contribution in [0.1, 0.15) is 23.2 Å². The molecule has 1 aromatic rings. The van der Waals surface area contributed by atoms with Gasteiger partial charge in [-0.25, -0.2) is 0 Å². The highest BCUT2D eigenvalue weighted by atomic mass is 16.5. The van der Waals surface area contributed by atoms with Gasteiger partial charge < -0.3 is 14.4 Å². The van der Waals surface area contributed by atoms with Crippen molar-refractivity contribution in [2.24, 2.45) is 11.8 Å². The summed E-state index contributed by atoms with van der Waals surface area (Å²) in [5, 5.41) is 7.51. The molecule has 2 saturated heterocycles. The molecule has 1 saturated carbocycles. The molecule has 3 fully saturated rings. The third-order valence-corrected chi connectivity index (χ3v) is 4.68. The molecule has 6 nitrogen and oxygen atoms in total. The van der Waals surface area contributed by atoms with Crippen molar-refractivity contribution in [3.8, 4) is 0 Å². The fourth-order valence-corrected chi connectivity index (χ4v) is 3.24. The van der Waals surface area contributed by atoms with Crippen LogP contribution in [0.3, 0.4) is 0 Å². The lowest BCUT2D eigenvalue weighted by molar-refractivity contribution is 0.0141. The summed E-state index contributed by atoms with van der Waals surface area (Å²) in [6, 6.07) is 1.84. The first-order chi connectivity index (χ1) is 10.3. The number of rotatable bonds is 4. The molecule has 112 valence electrons. The average Bonchev–Trinajstić information content (AvgIpc) is 3.11. The quantitative estimate of drug-likeness (QED) is 0.818. The van der Waals surface area contributed by atoms with Crippen LogP contribution in [0.25, 0.3) is 0 Å². The van der Waals surface area contributed by atoms with Crippen LogP contribution in [0.4, 0.5) is 0 Å². The van der Waals surface area contributed by atoms with Gasteiger partial charge in [0.05, 0.1) is 43.3 Å². The summed E-state index contributed by atoms with van der Waals surface area (Å²) >= 11 is 0. The maximum Gasteiger partial charge on any atom is 0.255 e. The van der Waals surface area contributed by atoms with Gasteiger partial charge in [-0.3, -0.25) is 4.79 Å². The van der Waals surface area contributed by atoms with Crippen LogP contribution in [-0.4, -0.2) is 59.5 Å². The smallest absolute Gasteiger partial charge is 0.255 e. The van der Waals surface area contributed by atoms with Gasteiger partial charge in [0.1, 0.15) is 0 Å². The highest BCUT2D eigenvalue weighted by Crippen LogP contribution is 2.35. The van der Waals surface area contributed by atoms with Gasteiger partial charge in [-0.2, -0.15) is 10.2 Å². The Kier molecular flexibility index (Phi) is 3.35. The second kappa shape index (κ2) is 5.35. The van der Waals surface area contributed by atoms with Gasteiger partial charge in [-0.05, 0) is 24.8 Å². The van der Waals surface area contributed by atoms with Crippen molar-refractivity contribution >= 4 is 5.91 Å². The number of carbonyl (C=O) groups excluding carboxylic acids is 1. The average molecular weight is 289 g/mol. The summed E-state index contributed by atoms with van der Waals surface area (Å²) in [6.45, 7) is 2.79. The van der Waals surface area contributed by atoms with Crippen LogP contribution in [0, 0.1) is 11.8 Å². The van der Waals surface area contributed by atoms with Crippen LogP contribution >= 0.6 is 0 Å². The van der Waals surface area contributed by atoms with Crippen LogP contribution in [-0.2, 0) is 9.47 Å². The lowest BCUT2D eigenvalue weighted by Crippen LogP contribution is -2.38. The Morgan fingerprint density at radius 3 is 3.05 bits per heavy atom. The predicted molar refractivity (Wildman–Crippen MR) is 73.6 cm³/mol. The molecule has 4 rings (SSSR count). The number of carbonyl (C=O) groups is 1. The number of fused-ring (bicyclic) bond motifs is 1. The summed E-state index contributed by atoms with van der Waals surface area (Å²) in [5.74, 6) is 1.05. The van der Waals surface area contributed by atoms with Crippen LogP contribution < -0.4 is 0 Å². The Balaban J connectivity index is 1.48. The largest absolute Gasteiger partial charge is 0.379 e. The van der Waals surface area contributed by atoms with E-state index >= 15 is 0 Å².